The van der Waals surface area contributed by atoms with Gasteiger partial charge < -0.3 is 15.4 Å². The molecule has 2 N–H and O–H groups in total. The van der Waals surface area contributed by atoms with E-state index in [1.54, 1.807) is 18.3 Å². The quantitative estimate of drug-likeness (QED) is 0.777. The lowest BCUT2D eigenvalue weighted by atomic mass is 9.44. The van der Waals surface area contributed by atoms with Gasteiger partial charge in [0, 0.05) is 29.0 Å². The Morgan fingerprint density at radius 1 is 1.18 bits per heavy atom. The van der Waals surface area contributed by atoms with Crippen LogP contribution in [0.25, 0.3) is 0 Å². The minimum absolute atomic E-state index is 0.000526. The molecule has 146 valence electrons. The van der Waals surface area contributed by atoms with Gasteiger partial charge in [-0.1, -0.05) is 11.6 Å². The van der Waals surface area contributed by atoms with Crippen LogP contribution in [0.2, 0.25) is 5.02 Å². The van der Waals surface area contributed by atoms with E-state index in [4.69, 9.17) is 16.3 Å². The monoisotopic (exact) mass is 403 g/mol. The maximum absolute atomic E-state index is 13.4. The molecule has 0 aliphatic heterocycles. The lowest BCUT2D eigenvalue weighted by Crippen LogP contribution is -2.84. The Balaban J connectivity index is 1.24. The number of carbonyl (C=O) groups is 2. The first-order valence-electron chi connectivity index (χ1n) is 8.92. The summed E-state index contributed by atoms with van der Waals surface area (Å²) in [6, 6.07) is 7.56. The third-order valence-electron chi connectivity index (χ3n) is 5.25. The topological polar surface area (TPSA) is 80.3 Å². The number of benzene rings is 1. The summed E-state index contributed by atoms with van der Waals surface area (Å²) in [6.07, 6.45) is 3.62. The molecule has 2 bridgehead atoms. The van der Waals surface area contributed by atoms with Crippen LogP contribution in [-0.2, 0) is 4.79 Å². The molecule has 8 heteroatoms. The van der Waals surface area contributed by atoms with Gasteiger partial charge in [-0.3, -0.25) is 14.6 Å². The van der Waals surface area contributed by atoms with E-state index in [0.717, 1.165) is 11.8 Å². The molecule has 0 saturated heterocycles. The van der Waals surface area contributed by atoms with Crippen molar-refractivity contribution in [2.75, 3.05) is 6.61 Å². The van der Waals surface area contributed by atoms with Crippen molar-refractivity contribution in [2.24, 2.45) is 0 Å². The zero-order valence-electron chi connectivity index (χ0n) is 15.2. The molecule has 0 spiro atoms. The molecule has 3 saturated carbocycles. The molecule has 5 rings (SSSR count). The SMILES string of the molecule is Cc1ccc(C(=O)NC23CC(NC(=O)COc4ccc(Cl)c(F)c4)(C2)C3)cn1. The maximum atomic E-state index is 13.4. The molecule has 0 atom stereocenters. The predicted molar refractivity (Wildman–Crippen MR) is 101 cm³/mol. The van der Waals surface area contributed by atoms with Crippen LogP contribution in [0.1, 0.15) is 35.3 Å². The number of nitrogens with one attached hydrogen (secondary N) is 2. The largest absolute Gasteiger partial charge is 0.484 e. The summed E-state index contributed by atoms with van der Waals surface area (Å²) in [5.41, 5.74) is 0.837. The molecular formula is C20H19ClFN3O3. The summed E-state index contributed by atoms with van der Waals surface area (Å²) in [5.74, 6) is -0.788. The molecule has 1 aromatic carbocycles. The summed E-state index contributed by atoms with van der Waals surface area (Å²) in [4.78, 5) is 28.6. The van der Waals surface area contributed by atoms with Crippen LogP contribution in [0.5, 0.6) is 5.75 Å². The Hall–Kier alpha value is -2.67. The average Bonchev–Trinajstić information content (AvgIpc) is 2.60. The number of halogens is 2. The maximum Gasteiger partial charge on any atom is 0.258 e. The highest BCUT2D eigenvalue weighted by Gasteiger charge is 2.69. The summed E-state index contributed by atoms with van der Waals surface area (Å²) in [7, 11) is 0. The van der Waals surface area contributed by atoms with Crippen LogP contribution in [0.3, 0.4) is 0 Å². The van der Waals surface area contributed by atoms with Crippen molar-refractivity contribution in [1.29, 1.82) is 0 Å². The smallest absolute Gasteiger partial charge is 0.258 e. The molecule has 0 unspecified atom stereocenters. The molecule has 1 aromatic heterocycles. The average molecular weight is 404 g/mol. The van der Waals surface area contributed by atoms with Crippen molar-refractivity contribution in [3.63, 3.8) is 0 Å². The van der Waals surface area contributed by atoms with Gasteiger partial charge in [-0.05, 0) is 50.5 Å². The molecule has 2 amide bonds. The molecule has 3 fully saturated rings. The molecule has 3 aliphatic carbocycles. The van der Waals surface area contributed by atoms with Gasteiger partial charge in [0.15, 0.2) is 6.61 Å². The van der Waals surface area contributed by atoms with E-state index in [1.165, 1.54) is 12.1 Å². The van der Waals surface area contributed by atoms with Crippen LogP contribution in [0.15, 0.2) is 36.5 Å². The third-order valence-corrected chi connectivity index (χ3v) is 5.55. The fraction of sp³-hybridized carbons (Fsp3) is 0.350. The van der Waals surface area contributed by atoms with Crippen molar-refractivity contribution in [1.82, 2.24) is 15.6 Å². The number of hydrogen-bond acceptors (Lipinski definition) is 4. The summed E-state index contributed by atoms with van der Waals surface area (Å²) in [6.45, 7) is 1.65. The Bertz CT molecular complexity index is 928. The van der Waals surface area contributed by atoms with E-state index >= 15 is 0 Å². The summed E-state index contributed by atoms with van der Waals surface area (Å²) >= 11 is 5.61. The second-order valence-corrected chi connectivity index (χ2v) is 8.05. The second kappa shape index (κ2) is 6.74. The number of amides is 2. The van der Waals surface area contributed by atoms with E-state index in [9.17, 15) is 14.0 Å². The van der Waals surface area contributed by atoms with Crippen molar-refractivity contribution < 1.29 is 18.7 Å². The minimum atomic E-state index is -0.597. The minimum Gasteiger partial charge on any atom is -0.484 e. The molecule has 2 aromatic rings. The number of aromatic nitrogens is 1. The molecule has 6 nitrogen and oxygen atoms in total. The summed E-state index contributed by atoms with van der Waals surface area (Å²) < 4.78 is 18.7. The van der Waals surface area contributed by atoms with Gasteiger partial charge in [-0.25, -0.2) is 4.39 Å². The van der Waals surface area contributed by atoms with Crippen LogP contribution < -0.4 is 15.4 Å². The molecule has 1 heterocycles. The van der Waals surface area contributed by atoms with Crippen molar-refractivity contribution >= 4 is 23.4 Å². The number of rotatable bonds is 6. The Morgan fingerprint density at radius 3 is 2.54 bits per heavy atom. The number of ether oxygens (including phenoxy) is 1. The second-order valence-electron chi connectivity index (χ2n) is 7.65. The van der Waals surface area contributed by atoms with Gasteiger partial charge >= 0.3 is 0 Å². The summed E-state index contributed by atoms with van der Waals surface area (Å²) in [5, 5.41) is 6.00. The Labute approximate surface area is 166 Å². The fourth-order valence-electron chi connectivity index (χ4n) is 4.02. The highest BCUT2D eigenvalue weighted by Crippen LogP contribution is 2.60. The van der Waals surface area contributed by atoms with Crippen LogP contribution in [-0.4, -0.2) is 34.5 Å². The van der Waals surface area contributed by atoms with Crippen molar-refractivity contribution in [2.45, 2.75) is 37.3 Å². The van der Waals surface area contributed by atoms with Crippen LogP contribution in [0.4, 0.5) is 4.39 Å². The van der Waals surface area contributed by atoms with Crippen molar-refractivity contribution in [3.8, 4) is 5.75 Å². The first-order valence-corrected chi connectivity index (χ1v) is 9.30. The highest BCUT2D eigenvalue weighted by molar-refractivity contribution is 6.30. The number of aryl methyl sites for hydroxylation is 1. The normalized spacial score (nSPS) is 24.5. The van der Waals surface area contributed by atoms with Gasteiger partial charge in [0.05, 0.1) is 10.6 Å². The number of hydrogen-bond donors (Lipinski definition) is 2. The van der Waals surface area contributed by atoms with E-state index in [1.807, 2.05) is 6.92 Å². The van der Waals surface area contributed by atoms with Gasteiger partial charge in [0.1, 0.15) is 11.6 Å². The Kier molecular flexibility index (Phi) is 4.50. The van der Waals surface area contributed by atoms with E-state index in [0.29, 0.717) is 24.8 Å². The molecular weight excluding hydrogens is 385 g/mol. The number of pyridine rings is 1. The van der Waals surface area contributed by atoms with Crippen LogP contribution in [0, 0.1) is 12.7 Å². The molecule has 28 heavy (non-hydrogen) atoms. The van der Waals surface area contributed by atoms with Gasteiger partial charge in [0.25, 0.3) is 11.8 Å². The predicted octanol–water partition coefficient (Wildman–Crippen LogP) is 2.78. The zero-order chi connectivity index (χ0) is 19.9. The van der Waals surface area contributed by atoms with E-state index in [2.05, 4.69) is 15.6 Å². The van der Waals surface area contributed by atoms with Crippen molar-refractivity contribution in [3.05, 3.63) is 58.6 Å². The molecule has 0 radical (unpaired) electrons. The van der Waals surface area contributed by atoms with E-state index in [-0.39, 0.29) is 40.3 Å². The first kappa shape index (κ1) is 18.7. The van der Waals surface area contributed by atoms with Crippen LogP contribution >= 0.6 is 11.6 Å². The highest BCUT2D eigenvalue weighted by atomic mass is 35.5. The lowest BCUT2D eigenvalue weighted by molar-refractivity contribution is -0.141. The third kappa shape index (κ3) is 3.54. The van der Waals surface area contributed by atoms with Gasteiger partial charge in [-0.2, -0.15) is 0 Å². The standard InChI is InChI=1S/C20H19ClFN3O3/c1-12-2-3-13(7-23-12)18(27)25-20-9-19(10-20,11-20)24-17(26)8-28-14-4-5-15(21)16(22)6-14/h2-7H,8-11H2,1H3,(H,24,26)(H,25,27). The number of nitrogens with zero attached hydrogens (tertiary/aromatic N) is 1. The first-order chi connectivity index (χ1) is 13.3. The fourth-order valence-corrected chi connectivity index (χ4v) is 4.13. The zero-order valence-corrected chi connectivity index (χ0v) is 16.0. The Morgan fingerprint density at radius 2 is 1.89 bits per heavy atom. The van der Waals surface area contributed by atoms with Gasteiger partial charge in [0.2, 0.25) is 0 Å². The number of carbonyl (C=O) groups excluding carboxylic acids is 2. The van der Waals surface area contributed by atoms with Gasteiger partial charge in [-0.15, -0.1) is 0 Å². The van der Waals surface area contributed by atoms with E-state index < -0.39 is 5.82 Å². The lowest BCUT2D eigenvalue weighted by Gasteiger charge is -2.70. The molecule has 3 aliphatic rings.